The molecule has 0 aromatic heterocycles. The molecule has 0 radical (unpaired) electrons. The molecule has 1 amide bonds. The number of nitrogens with two attached hydrogens (primary N) is 1. The first kappa shape index (κ1) is 25.0. The van der Waals surface area contributed by atoms with Crippen LogP contribution in [0.15, 0.2) is 0 Å². The minimum atomic E-state index is -0.747. The van der Waals surface area contributed by atoms with Gasteiger partial charge in [0, 0.05) is 12.6 Å². The quantitative estimate of drug-likeness (QED) is 0.719. The van der Waals surface area contributed by atoms with E-state index in [-0.39, 0.29) is 30.7 Å². The summed E-state index contributed by atoms with van der Waals surface area (Å²) in [4.78, 5) is 14.2. The molecule has 0 aliphatic carbocycles. The van der Waals surface area contributed by atoms with E-state index in [4.69, 9.17) is 5.73 Å². The van der Waals surface area contributed by atoms with Gasteiger partial charge in [-0.2, -0.15) is 0 Å². The number of carbonyl (C=O) groups excluding carboxylic acids is 1. The van der Waals surface area contributed by atoms with Crippen LogP contribution >= 0.6 is 24.8 Å². The predicted octanol–water partition coefficient (Wildman–Crippen LogP) is 2.44. The average Bonchev–Trinajstić information content (AvgIpc) is 2.22. The first-order valence-corrected chi connectivity index (χ1v) is 6.94. The highest BCUT2D eigenvalue weighted by Crippen LogP contribution is 2.11. The van der Waals surface area contributed by atoms with Gasteiger partial charge in [-0.1, -0.05) is 27.2 Å². The number of likely N-dealkylation sites (N-methyl/N-ethyl adjacent to an activating group) is 1. The second kappa shape index (κ2) is 11.6. The van der Waals surface area contributed by atoms with Crippen molar-refractivity contribution >= 4 is 30.7 Å². The Morgan fingerprint density at radius 3 is 2.15 bits per heavy atom. The summed E-state index contributed by atoms with van der Waals surface area (Å²) in [6.07, 6.45) is 2.71. The zero-order valence-corrected chi connectivity index (χ0v) is 15.4. The molecule has 0 heterocycles. The molecule has 6 heteroatoms. The van der Waals surface area contributed by atoms with Crippen LogP contribution in [0.25, 0.3) is 0 Å². The van der Waals surface area contributed by atoms with Crippen LogP contribution in [0.5, 0.6) is 0 Å². The Morgan fingerprint density at radius 2 is 1.80 bits per heavy atom. The Bertz CT molecular complexity index is 259. The average molecular weight is 330 g/mol. The molecule has 20 heavy (non-hydrogen) atoms. The van der Waals surface area contributed by atoms with Gasteiger partial charge >= 0.3 is 0 Å². The lowest BCUT2D eigenvalue weighted by Crippen LogP contribution is -2.54. The third-order valence-corrected chi connectivity index (χ3v) is 3.26. The summed E-state index contributed by atoms with van der Waals surface area (Å²) in [5.74, 6) is 0.578. The van der Waals surface area contributed by atoms with Crippen molar-refractivity contribution in [2.45, 2.75) is 58.5 Å². The summed E-state index contributed by atoms with van der Waals surface area (Å²) < 4.78 is 0. The fourth-order valence-electron chi connectivity index (χ4n) is 2.07. The van der Waals surface area contributed by atoms with Crippen LogP contribution in [-0.2, 0) is 4.79 Å². The van der Waals surface area contributed by atoms with Crippen LogP contribution in [0.1, 0.15) is 47.0 Å². The molecule has 3 N–H and O–H groups in total. The van der Waals surface area contributed by atoms with Gasteiger partial charge in [-0.3, -0.25) is 4.79 Å². The van der Waals surface area contributed by atoms with Crippen molar-refractivity contribution in [3.8, 4) is 0 Å². The summed E-state index contributed by atoms with van der Waals surface area (Å²) >= 11 is 0. The summed E-state index contributed by atoms with van der Waals surface area (Å²) in [6.45, 7) is 8.91. The molecule has 0 spiro atoms. The molecule has 2 atom stereocenters. The van der Waals surface area contributed by atoms with Crippen LogP contribution in [0.2, 0.25) is 0 Å². The minimum Gasteiger partial charge on any atom is -0.353 e. The number of amides is 1. The van der Waals surface area contributed by atoms with E-state index in [1.807, 2.05) is 21.0 Å². The monoisotopic (exact) mass is 329 g/mol. The van der Waals surface area contributed by atoms with E-state index >= 15 is 0 Å². The van der Waals surface area contributed by atoms with Crippen molar-refractivity contribution in [2.75, 3.05) is 20.6 Å². The Balaban J connectivity index is -0.00000144. The van der Waals surface area contributed by atoms with Crippen molar-refractivity contribution < 1.29 is 4.79 Å². The van der Waals surface area contributed by atoms with E-state index in [1.54, 1.807) is 6.92 Å². The lowest BCUT2D eigenvalue weighted by Gasteiger charge is -2.29. The molecule has 124 valence electrons. The van der Waals surface area contributed by atoms with E-state index in [2.05, 4.69) is 24.1 Å². The minimum absolute atomic E-state index is 0. The molecular weight excluding hydrogens is 297 g/mol. The summed E-state index contributed by atoms with van der Waals surface area (Å²) in [5, 5.41) is 2.99. The van der Waals surface area contributed by atoms with Gasteiger partial charge in [0.1, 0.15) is 0 Å². The number of nitrogens with one attached hydrogen (secondary N) is 1. The fourth-order valence-corrected chi connectivity index (χ4v) is 2.07. The predicted molar refractivity (Wildman–Crippen MR) is 91.9 cm³/mol. The number of nitrogens with zero attached hydrogens (tertiary/aromatic N) is 1. The van der Waals surface area contributed by atoms with E-state index < -0.39 is 5.54 Å². The lowest BCUT2D eigenvalue weighted by atomic mass is 9.96. The number of hydrogen-bond donors (Lipinski definition) is 2. The number of rotatable bonds is 8. The Labute approximate surface area is 137 Å². The standard InChI is InChI=1S/C14H31N3O.2ClH/c1-7-8-14(4,15)13(18)16-10-12(17(5)6)9-11(2)3;;/h11-12H,7-10,15H2,1-6H3,(H,16,18);2*1H. The summed E-state index contributed by atoms with van der Waals surface area (Å²) in [7, 11) is 4.10. The van der Waals surface area contributed by atoms with Crippen molar-refractivity contribution in [3.63, 3.8) is 0 Å². The molecule has 0 saturated carbocycles. The van der Waals surface area contributed by atoms with Crippen LogP contribution in [-0.4, -0.2) is 43.0 Å². The first-order chi connectivity index (χ1) is 8.20. The highest BCUT2D eigenvalue weighted by Gasteiger charge is 2.27. The zero-order chi connectivity index (χ0) is 14.3. The van der Waals surface area contributed by atoms with E-state index in [9.17, 15) is 4.79 Å². The van der Waals surface area contributed by atoms with Crippen molar-refractivity contribution in [1.29, 1.82) is 0 Å². The topological polar surface area (TPSA) is 58.4 Å². The van der Waals surface area contributed by atoms with Gasteiger partial charge in [-0.05, 0) is 39.8 Å². The molecule has 0 rings (SSSR count). The van der Waals surface area contributed by atoms with Crippen LogP contribution < -0.4 is 11.1 Å². The maximum Gasteiger partial charge on any atom is 0.239 e. The lowest BCUT2D eigenvalue weighted by molar-refractivity contribution is -0.126. The molecule has 0 aromatic carbocycles. The van der Waals surface area contributed by atoms with E-state index in [0.29, 0.717) is 18.5 Å². The second-order valence-electron chi connectivity index (χ2n) is 6.12. The van der Waals surface area contributed by atoms with Gasteiger partial charge in [0.05, 0.1) is 5.54 Å². The SMILES string of the molecule is CCCC(C)(N)C(=O)NCC(CC(C)C)N(C)C.Cl.Cl. The third-order valence-electron chi connectivity index (χ3n) is 3.26. The fraction of sp³-hybridized carbons (Fsp3) is 0.929. The molecule has 4 nitrogen and oxygen atoms in total. The zero-order valence-electron chi connectivity index (χ0n) is 13.7. The number of hydrogen-bond acceptors (Lipinski definition) is 3. The molecule has 0 aromatic rings. The van der Waals surface area contributed by atoms with E-state index in [0.717, 1.165) is 19.3 Å². The molecule has 0 bridgehead atoms. The normalized spacial score (nSPS) is 15.1. The first-order valence-electron chi connectivity index (χ1n) is 6.94. The van der Waals surface area contributed by atoms with Gasteiger partial charge in [-0.15, -0.1) is 24.8 Å². The maximum atomic E-state index is 12.0. The van der Waals surface area contributed by atoms with Crippen molar-refractivity contribution in [3.05, 3.63) is 0 Å². The third kappa shape index (κ3) is 9.81. The highest BCUT2D eigenvalue weighted by atomic mass is 35.5. The molecular formula is C14H33Cl2N3O. The second-order valence-corrected chi connectivity index (χ2v) is 6.12. The van der Waals surface area contributed by atoms with Crippen LogP contribution in [0.3, 0.4) is 0 Å². The smallest absolute Gasteiger partial charge is 0.239 e. The molecule has 0 fully saturated rings. The van der Waals surface area contributed by atoms with Crippen molar-refractivity contribution in [1.82, 2.24) is 10.2 Å². The highest BCUT2D eigenvalue weighted by molar-refractivity contribution is 5.86. The Morgan fingerprint density at radius 1 is 1.30 bits per heavy atom. The van der Waals surface area contributed by atoms with Gasteiger partial charge in [0.2, 0.25) is 5.91 Å². The number of halogens is 2. The molecule has 0 saturated heterocycles. The van der Waals surface area contributed by atoms with Gasteiger partial charge in [0.25, 0.3) is 0 Å². The number of carbonyl (C=O) groups is 1. The largest absolute Gasteiger partial charge is 0.353 e. The Kier molecular flexibility index (Phi) is 14.5. The molecule has 0 aliphatic rings. The van der Waals surface area contributed by atoms with Gasteiger partial charge in [0.15, 0.2) is 0 Å². The molecule has 2 unspecified atom stereocenters. The summed E-state index contributed by atoms with van der Waals surface area (Å²) in [6, 6.07) is 0.367. The van der Waals surface area contributed by atoms with Crippen LogP contribution in [0.4, 0.5) is 0 Å². The molecule has 0 aliphatic heterocycles. The van der Waals surface area contributed by atoms with Gasteiger partial charge in [-0.25, -0.2) is 0 Å². The van der Waals surface area contributed by atoms with Crippen molar-refractivity contribution in [2.24, 2.45) is 11.7 Å². The van der Waals surface area contributed by atoms with E-state index in [1.165, 1.54) is 0 Å². The Hall–Kier alpha value is -0.0300. The maximum absolute atomic E-state index is 12.0. The summed E-state index contributed by atoms with van der Waals surface area (Å²) in [5.41, 5.74) is 5.26. The van der Waals surface area contributed by atoms with Crippen LogP contribution in [0, 0.1) is 5.92 Å². The van der Waals surface area contributed by atoms with Gasteiger partial charge < -0.3 is 16.0 Å².